The topological polar surface area (TPSA) is 131 Å². The molecule has 0 spiro atoms. The highest BCUT2D eigenvalue weighted by atomic mass is 31.2. The lowest BCUT2D eigenvalue weighted by Gasteiger charge is -2.12. The van der Waals surface area contributed by atoms with Gasteiger partial charge < -0.3 is 21.3 Å². The third-order valence-corrected chi connectivity index (χ3v) is 6.52. The number of hydrogen-bond acceptors (Lipinski definition) is 6. The van der Waals surface area contributed by atoms with E-state index in [4.69, 9.17) is 19.3 Å². The van der Waals surface area contributed by atoms with Gasteiger partial charge >= 0.3 is 7.82 Å². The molecule has 0 aliphatic heterocycles. The smallest absolute Gasteiger partial charge is 0.397 e. The third-order valence-electron chi connectivity index (χ3n) is 5.50. The second-order valence-corrected chi connectivity index (χ2v) is 10.6. The van der Waals surface area contributed by atoms with Crippen LogP contribution in [-0.2, 0) is 13.6 Å². The molecule has 0 aromatic heterocycles. The second-order valence-electron chi connectivity index (χ2n) is 9.13. The van der Waals surface area contributed by atoms with Crippen LogP contribution in [0.25, 0.3) is 0 Å². The van der Waals surface area contributed by atoms with Crippen molar-refractivity contribution in [2.75, 3.05) is 26.4 Å². The van der Waals surface area contributed by atoms with E-state index in [1.54, 1.807) is 13.8 Å². The maximum absolute atomic E-state index is 11.8. The number of unbranched alkanes of at least 4 members (excludes halogenated alkanes) is 18. The minimum Gasteiger partial charge on any atom is -0.397 e. The van der Waals surface area contributed by atoms with Gasteiger partial charge in [-0.25, -0.2) is 4.57 Å². The lowest BCUT2D eigenvalue weighted by molar-refractivity contribution is 0.145. The molecule has 0 atom stereocenters. The highest BCUT2D eigenvalue weighted by Gasteiger charge is 2.19. The molecule has 0 fully saturated rings. The summed E-state index contributed by atoms with van der Waals surface area (Å²) in [6, 6.07) is 0. The first kappa shape index (κ1) is 43.1. The van der Waals surface area contributed by atoms with E-state index in [1.165, 1.54) is 103 Å². The Morgan fingerprint density at radius 3 is 0.889 bits per heavy atom. The van der Waals surface area contributed by atoms with E-state index in [0.717, 1.165) is 25.7 Å². The monoisotopic (exact) mass is 543 g/mol. The van der Waals surface area contributed by atoms with Crippen LogP contribution in [-0.4, -0.2) is 41.5 Å². The molecule has 0 amide bonds. The quantitative estimate of drug-likeness (QED) is 0.0705. The Hall–Kier alpha value is -0.0100. The Morgan fingerprint density at radius 2 is 0.667 bits per heavy atom. The van der Waals surface area contributed by atoms with Crippen molar-refractivity contribution >= 4 is 7.82 Å². The molecule has 224 valence electrons. The van der Waals surface area contributed by atoms with Gasteiger partial charge in [-0.15, -0.1) is 0 Å². The van der Waals surface area contributed by atoms with E-state index in [9.17, 15) is 9.46 Å². The maximum Gasteiger partial charge on any atom is 0.472 e. The molecule has 0 aromatic carbocycles. The summed E-state index contributed by atoms with van der Waals surface area (Å²) in [4.78, 5) is 9.71. The van der Waals surface area contributed by atoms with Crippen LogP contribution in [0.15, 0.2) is 0 Å². The Balaban J connectivity index is -0.000000659. The SMILES string of the molecule is CCCCCCCCCCCCOP(=O)(O)OCCCCCCCCCCCC.CCO.CCO.N. The number of aliphatic hydroxyl groups is 2. The molecule has 0 saturated heterocycles. The molecule has 7 nitrogen and oxygen atoms in total. The van der Waals surface area contributed by atoms with Crippen molar-refractivity contribution in [3.63, 3.8) is 0 Å². The summed E-state index contributed by atoms with van der Waals surface area (Å²) in [7, 11) is -3.85. The molecule has 0 radical (unpaired) electrons. The summed E-state index contributed by atoms with van der Waals surface area (Å²) in [6.07, 6.45) is 24.8. The van der Waals surface area contributed by atoms with E-state index in [2.05, 4.69) is 13.8 Å². The molecule has 0 aliphatic carbocycles. The largest absolute Gasteiger partial charge is 0.472 e. The Labute approximate surface area is 225 Å². The van der Waals surface area contributed by atoms with Crippen molar-refractivity contribution < 1.29 is 28.7 Å². The van der Waals surface area contributed by atoms with Gasteiger partial charge in [0.1, 0.15) is 0 Å². The van der Waals surface area contributed by atoms with Crippen molar-refractivity contribution in [3.05, 3.63) is 0 Å². The summed E-state index contributed by atoms with van der Waals surface area (Å²) >= 11 is 0. The highest BCUT2D eigenvalue weighted by molar-refractivity contribution is 7.47. The molecule has 0 bridgehead atoms. The van der Waals surface area contributed by atoms with Crippen LogP contribution in [0.1, 0.15) is 156 Å². The normalized spacial score (nSPS) is 10.6. The Morgan fingerprint density at radius 1 is 0.472 bits per heavy atom. The molecule has 0 aliphatic rings. The fourth-order valence-corrected chi connectivity index (χ4v) is 4.37. The number of phosphoric acid groups is 1. The van der Waals surface area contributed by atoms with Crippen molar-refractivity contribution in [1.29, 1.82) is 0 Å². The number of hydrogen-bond donors (Lipinski definition) is 4. The van der Waals surface area contributed by atoms with Gasteiger partial charge in [-0.3, -0.25) is 9.05 Å². The average Bonchev–Trinajstić information content (AvgIpc) is 2.82. The average molecular weight is 544 g/mol. The molecule has 0 rings (SSSR count). The molecular weight excluding hydrogens is 477 g/mol. The van der Waals surface area contributed by atoms with Crippen molar-refractivity contribution in [1.82, 2.24) is 6.15 Å². The van der Waals surface area contributed by atoms with Gasteiger partial charge in [0.2, 0.25) is 0 Å². The number of aliphatic hydroxyl groups excluding tert-OH is 2. The van der Waals surface area contributed by atoms with Gasteiger partial charge in [0.05, 0.1) is 13.2 Å². The van der Waals surface area contributed by atoms with Crippen LogP contribution < -0.4 is 6.15 Å². The van der Waals surface area contributed by atoms with Gasteiger partial charge in [-0.2, -0.15) is 0 Å². The van der Waals surface area contributed by atoms with Gasteiger partial charge in [0, 0.05) is 13.2 Å². The molecular formula is C28H66NO6P. The molecule has 0 heterocycles. The van der Waals surface area contributed by atoms with E-state index in [-0.39, 0.29) is 19.4 Å². The first-order chi connectivity index (χ1) is 16.9. The zero-order chi connectivity index (χ0) is 26.9. The van der Waals surface area contributed by atoms with E-state index >= 15 is 0 Å². The zero-order valence-electron chi connectivity index (χ0n) is 24.7. The number of phosphoric ester groups is 1. The minimum atomic E-state index is -3.85. The molecule has 0 saturated carbocycles. The lowest BCUT2D eigenvalue weighted by atomic mass is 10.1. The van der Waals surface area contributed by atoms with E-state index < -0.39 is 7.82 Å². The van der Waals surface area contributed by atoms with Crippen molar-refractivity contribution in [2.24, 2.45) is 0 Å². The molecule has 0 unspecified atom stereocenters. The fraction of sp³-hybridized carbons (Fsp3) is 1.00. The zero-order valence-corrected chi connectivity index (χ0v) is 25.6. The van der Waals surface area contributed by atoms with Crippen molar-refractivity contribution in [3.8, 4) is 0 Å². The van der Waals surface area contributed by atoms with Gasteiger partial charge in [-0.1, -0.05) is 129 Å². The van der Waals surface area contributed by atoms with Gasteiger partial charge in [0.15, 0.2) is 0 Å². The minimum absolute atomic E-state index is 0. The van der Waals surface area contributed by atoms with Crippen LogP contribution >= 0.6 is 7.82 Å². The molecule has 6 N–H and O–H groups in total. The summed E-state index contributed by atoms with van der Waals surface area (Å²) in [5.74, 6) is 0. The predicted molar refractivity (Wildman–Crippen MR) is 156 cm³/mol. The van der Waals surface area contributed by atoms with Crippen LogP contribution in [0.5, 0.6) is 0 Å². The first-order valence-electron chi connectivity index (χ1n) is 14.8. The Kier molecular flexibility index (Phi) is 47.2. The Bertz CT molecular complexity index is 370. The van der Waals surface area contributed by atoms with Crippen LogP contribution in [0.4, 0.5) is 0 Å². The molecule has 0 aromatic rings. The maximum atomic E-state index is 11.8. The second kappa shape index (κ2) is 39.5. The molecule has 36 heavy (non-hydrogen) atoms. The van der Waals surface area contributed by atoms with E-state index in [0.29, 0.717) is 13.2 Å². The first-order valence-corrected chi connectivity index (χ1v) is 16.3. The highest BCUT2D eigenvalue weighted by Crippen LogP contribution is 2.43. The molecule has 8 heteroatoms. The van der Waals surface area contributed by atoms with Crippen LogP contribution in [0.3, 0.4) is 0 Å². The van der Waals surface area contributed by atoms with E-state index in [1.807, 2.05) is 0 Å². The predicted octanol–water partition coefficient (Wildman–Crippen LogP) is 9.12. The van der Waals surface area contributed by atoms with Crippen LogP contribution in [0.2, 0.25) is 0 Å². The van der Waals surface area contributed by atoms with Crippen molar-refractivity contribution in [2.45, 2.75) is 156 Å². The third kappa shape index (κ3) is 47.2. The summed E-state index contributed by atoms with van der Waals surface area (Å²) in [5.41, 5.74) is 0. The number of rotatable bonds is 24. The van der Waals surface area contributed by atoms with Gasteiger partial charge in [-0.05, 0) is 26.7 Å². The standard InChI is InChI=1S/C24H51O4P.2C2H6O.H3N/c1-3-5-7-9-11-13-15-17-19-21-23-27-29(25,26)28-24-22-20-18-16-14-12-10-8-6-4-2;2*1-2-3;/h3-24H2,1-2H3,(H,25,26);2*3H,2H2,1H3;1H3. The summed E-state index contributed by atoms with van der Waals surface area (Å²) < 4.78 is 22.0. The van der Waals surface area contributed by atoms with Crippen LogP contribution in [0, 0.1) is 0 Å². The summed E-state index contributed by atoms with van der Waals surface area (Å²) in [5, 5.41) is 15.1. The fourth-order valence-electron chi connectivity index (χ4n) is 3.58. The van der Waals surface area contributed by atoms with Gasteiger partial charge in [0.25, 0.3) is 0 Å². The lowest BCUT2D eigenvalue weighted by Crippen LogP contribution is -1.99. The summed E-state index contributed by atoms with van der Waals surface area (Å²) in [6.45, 7) is 9.00.